The Morgan fingerprint density at radius 3 is 2.47 bits per heavy atom. The first kappa shape index (κ1) is 13.8. The Hall–Kier alpha value is -0.150. The van der Waals surface area contributed by atoms with Crippen LogP contribution >= 0.6 is 34.8 Å². The van der Waals surface area contributed by atoms with Crippen LogP contribution in [0.2, 0.25) is 15.1 Å². The fraction of sp³-hybridized carbons (Fsp3) is 0.571. The third-order valence-corrected chi connectivity index (χ3v) is 5.04. The molecule has 5 heteroatoms. The van der Waals surface area contributed by atoms with Crippen LogP contribution in [0.1, 0.15) is 26.2 Å². The van der Waals surface area contributed by atoms with Crippen molar-refractivity contribution in [3.63, 3.8) is 0 Å². The van der Waals surface area contributed by atoms with E-state index in [-0.39, 0.29) is 0 Å². The van der Waals surface area contributed by atoms with E-state index in [1.807, 2.05) is 6.07 Å². The normalized spacial score (nSPS) is 27.8. The van der Waals surface area contributed by atoms with E-state index in [4.69, 9.17) is 34.8 Å². The molecule has 2 nitrogen and oxygen atoms in total. The molecule has 2 aliphatic rings. The van der Waals surface area contributed by atoms with Crippen LogP contribution in [0.15, 0.2) is 12.1 Å². The lowest BCUT2D eigenvalue weighted by molar-refractivity contribution is 0.257. The second-order valence-corrected chi connectivity index (χ2v) is 6.82. The van der Waals surface area contributed by atoms with Gasteiger partial charge in [-0.25, -0.2) is 0 Å². The molecule has 1 aromatic carbocycles. The van der Waals surface area contributed by atoms with Gasteiger partial charge in [0.25, 0.3) is 0 Å². The zero-order valence-electron chi connectivity index (χ0n) is 10.8. The minimum Gasteiger partial charge on any atom is -0.380 e. The number of rotatable bonds is 3. The first-order chi connectivity index (χ1) is 9.04. The summed E-state index contributed by atoms with van der Waals surface area (Å²) in [7, 11) is 0. The van der Waals surface area contributed by atoms with Crippen molar-refractivity contribution in [1.82, 2.24) is 4.90 Å². The monoisotopic (exact) mass is 318 g/mol. The number of likely N-dealkylation sites (tertiary alicyclic amines) is 1. The van der Waals surface area contributed by atoms with Crippen LogP contribution in [-0.4, -0.2) is 29.6 Å². The van der Waals surface area contributed by atoms with E-state index in [9.17, 15) is 0 Å². The molecule has 1 saturated carbocycles. The topological polar surface area (TPSA) is 15.3 Å². The Bertz CT molecular complexity index is 488. The molecular weight excluding hydrogens is 303 g/mol. The average Bonchev–Trinajstić information content (AvgIpc) is 3.11. The zero-order valence-corrected chi connectivity index (χ0v) is 13.1. The number of anilines is 1. The molecule has 0 aromatic heterocycles. The van der Waals surface area contributed by atoms with Gasteiger partial charge < -0.3 is 5.32 Å². The molecule has 19 heavy (non-hydrogen) atoms. The van der Waals surface area contributed by atoms with Crippen molar-refractivity contribution in [3.05, 3.63) is 27.2 Å². The highest BCUT2D eigenvalue weighted by atomic mass is 35.5. The van der Waals surface area contributed by atoms with Gasteiger partial charge in [-0.3, -0.25) is 4.90 Å². The SMILES string of the molecule is CC1CC(Nc2cc(Cl)c(Cl)cc2Cl)CN1C1CC1. The molecule has 1 N–H and O–H groups in total. The van der Waals surface area contributed by atoms with Crippen molar-refractivity contribution >= 4 is 40.5 Å². The van der Waals surface area contributed by atoms with E-state index in [2.05, 4.69) is 17.1 Å². The van der Waals surface area contributed by atoms with E-state index in [0.717, 1.165) is 24.7 Å². The van der Waals surface area contributed by atoms with Gasteiger partial charge in [-0.15, -0.1) is 0 Å². The Morgan fingerprint density at radius 2 is 1.79 bits per heavy atom. The summed E-state index contributed by atoms with van der Waals surface area (Å²) in [6.45, 7) is 3.39. The van der Waals surface area contributed by atoms with Crippen LogP contribution in [0, 0.1) is 0 Å². The Balaban J connectivity index is 1.70. The van der Waals surface area contributed by atoms with Crippen LogP contribution in [-0.2, 0) is 0 Å². The van der Waals surface area contributed by atoms with Crippen molar-refractivity contribution in [2.45, 2.75) is 44.3 Å². The number of hydrogen-bond donors (Lipinski definition) is 1. The highest BCUT2D eigenvalue weighted by Gasteiger charge is 2.38. The molecule has 0 amide bonds. The second kappa shape index (κ2) is 5.33. The van der Waals surface area contributed by atoms with E-state index >= 15 is 0 Å². The second-order valence-electron chi connectivity index (χ2n) is 5.60. The first-order valence-electron chi connectivity index (χ1n) is 6.71. The average molecular weight is 320 g/mol. The molecule has 1 aliphatic carbocycles. The molecule has 0 radical (unpaired) electrons. The first-order valence-corrected chi connectivity index (χ1v) is 7.85. The van der Waals surface area contributed by atoms with Gasteiger partial charge >= 0.3 is 0 Å². The van der Waals surface area contributed by atoms with E-state index in [1.165, 1.54) is 12.8 Å². The standard InChI is InChI=1S/C14H17Cl3N2/c1-8-4-9(7-19(8)10-2-3-10)18-14-6-12(16)11(15)5-13(14)17/h5-6,8-10,18H,2-4,7H2,1H3. The third kappa shape index (κ3) is 2.97. The molecule has 2 fully saturated rings. The largest absolute Gasteiger partial charge is 0.380 e. The predicted molar refractivity (Wildman–Crippen MR) is 82.7 cm³/mol. The maximum Gasteiger partial charge on any atom is 0.0653 e. The molecular formula is C14H17Cl3N2. The van der Waals surface area contributed by atoms with Crippen molar-refractivity contribution in [1.29, 1.82) is 0 Å². The molecule has 0 bridgehead atoms. The summed E-state index contributed by atoms with van der Waals surface area (Å²) in [5.74, 6) is 0. The highest BCUT2D eigenvalue weighted by molar-refractivity contribution is 6.44. The summed E-state index contributed by atoms with van der Waals surface area (Å²) in [4.78, 5) is 2.60. The van der Waals surface area contributed by atoms with E-state index < -0.39 is 0 Å². The maximum atomic E-state index is 6.21. The van der Waals surface area contributed by atoms with E-state index in [0.29, 0.717) is 27.2 Å². The summed E-state index contributed by atoms with van der Waals surface area (Å²) < 4.78 is 0. The summed E-state index contributed by atoms with van der Waals surface area (Å²) >= 11 is 18.2. The highest BCUT2D eigenvalue weighted by Crippen LogP contribution is 2.36. The molecule has 1 aromatic rings. The molecule has 1 heterocycles. The molecule has 3 rings (SSSR count). The Kier molecular flexibility index (Phi) is 3.87. The minimum atomic E-state index is 0.436. The quantitative estimate of drug-likeness (QED) is 0.814. The van der Waals surface area contributed by atoms with Crippen LogP contribution in [0.3, 0.4) is 0 Å². The molecule has 1 aliphatic heterocycles. The van der Waals surface area contributed by atoms with Crippen molar-refractivity contribution in [2.75, 3.05) is 11.9 Å². The Morgan fingerprint density at radius 1 is 1.11 bits per heavy atom. The lowest BCUT2D eigenvalue weighted by atomic mass is 10.2. The molecule has 104 valence electrons. The van der Waals surface area contributed by atoms with Crippen LogP contribution < -0.4 is 5.32 Å². The number of benzene rings is 1. The van der Waals surface area contributed by atoms with Crippen molar-refractivity contribution in [2.24, 2.45) is 0 Å². The summed E-state index contributed by atoms with van der Waals surface area (Å²) in [5.41, 5.74) is 0.880. The van der Waals surface area contributed by atoms with Crippen molar-refractivity contribution in [3.8, 4) is 0 Å². The van der Waals surface area contributed by atoms with Gasteiger partial charge in [0.2, 0.25) is 0 Å². The summed E-state index contributed by atoms with van der Waals surface area (Å²) in [6, 6.07) is 5.41. The van der Waals surface area contributed by atoms with Gasteiger partial charge in [-0.2, -0.15) is 0 Å². The number of hydrogen-bond acceptors (Lipinski definition) is 2. The minimum absolute atomic E-state index is 0.436. The number of nitrogens with zero attached hydrogens (tertiary/aromatic N) is 1. The van der Waals surface area contributed by atoms with Gasteiger partial charge in [0.1, 0.15) is 0 Å². The number of halogens is 3. The number of nitrogens with one attached hydrogen (secondary N) is 1. The fourth-order valence-corrected chi connectivity index (χ4v) is 3.53. The third-order valence-electron chi connectivity index (χ3n) is 4.01. The van der Waals surface area contributed by atoms with Crippen LogP contribution in [0.4, 0.5) is 5.69 Å². The maximum absolute atomic E-state index is 6.21. The molecule has 1 saturated heterocycles. The van der Waals surface area contributed by atoms with Gasteiger partial charge in [-0.1, -0.05) is 34.8 Å². The molecule has 2 unspecified atom stereocenters. The zero-order chi connectivity index (χ0) is 13.6. The lowest BCUT2D eigenvalue weighted by Crippen LogP contribution is -2.31. The van der Waals surface area contributed by atoms with Gasteiger partial charge in [0, 0.05) is 24.7 Å². The predicted octanol–water partition coefficient (Wildman–Crippen LogP) is 4.68. The molecule has 0 spiro atoms. The van der Waals surface area contributed by atoms with E-state index in [1.54, 1.807) is 6.07 Å². The van der Waals surface area contributed by atoms with Gasteiger partial charge in [0.15, 0.2) is 0 Å². The summed E-state index contributed by atoms with van der Waals surface area (Å²) in [5, 5.41) is 5.17. The van der Waals surface area contributed by atoms with Crippen molar-refractivity contribution < 1.29 is 0 Å². The van der Waals surface area contributed by atoms with Crippen LogP contribution in [0.25, 0.3) is 0 Å². The van der Waals surface area contributed by atoms with Gasteiger partial charge in [0.05, 0.1) is 20.8 Å². The van der Waals surface area contributed by atoms with Crippen LogP contribution in [0.5, 0.6) is 0 Å². The Labute approximate surface area is 129 Å². The lowest BCUT2D eigenvalue weighted by Gasteiger charge is -2.20. The summed E-state index contributed by atoms with van der Waals surface area (Å²) in [6.07, 6.45) is 3.85. The molecule has 2 atom stereocenters. The van der Waals surface area contributed by atoms with Gasteiger partial charge in [-0.05, 0) is 38.3 Å². The fourth-order valence-electron chi connectivity index (χ4n) is 2.93. The smallest absolute Gasteiger partial charge is 0.0653 e.